The van der Waals surface area contributed by atoms with Gasteiger partial charge in [0, 0.05) is 0 Å². The van der Waals surface area contributed by atoms with Gasteiger partial charge in [0.2, 0.25) is 0 Å². The predicted octanol–water partition coefficient (Wildman–Crippen LogP) is 1.07. The minimum atomic E-state index is -0.117. The first kappa shape index (κ1) is 11.8. The van der Waals surface area contributed by atoms with Crippen LogP contribution in [0.2, 0.25) is 0 Å². The average molecular weight is 213 g/mol. The molecule has 1 rings (SSSR count). The summed E-state index contributed by atoms with van der Waals surface area (Å²) in [6.45, 7) is 0.539. The van der Waals surface area contributed by atoms with Crippen molar-refractivity contribution in [3.05, 3.63) is 23.8 Å². The lowest BCUT2D eigenvalue weighted by Crippen LogP contribution is -2.23. The molecule has 0 atom stereocenters. The summed E-state index contributed by atoms with van der Waals surface area (Å²) in [5.41, 5.74) is 0.893. The molecular formula is C10H15NO4. The highest BCUT2D eigenvalue weighted by molar-refractivity contribution is 5.40. The van der Waals surface area contributed by atoms with Gasteiger partial charge in [-0.2, -0.15) is 0 Å². The SMILES string of the molecule is CON(CCc1ccc(O)c(O)c1)OC. The van der Waals surface area contributed by atoms with E-state index in [1.165, 1.54) is 31.6 Å². The van der Waals surface area contributed by atoms with E-state index in [-0.39, 0.29) is 11.5 Å². The first-order chi connectivity index (χ1) is 7.17. The van der Waals surface area contributed by atoms with E-state index in [9.17, 15) is 5.11 Å². The van der Waals surface area contributed by atoms with E-state index in [4.69, 9.17) is 14.8 Å². The van der Waals surface area contributed by atoms with Crippen LogP contribution in [-0.4, -0.2) is 36.2 Å². The van der Waals surface area contributed by atoms with E-state index in [1.54, 1.807) is 6.07 Å². The fraction of sp³-hybridized carbons (Fsp3) is 0.400. The lowest BCUT2D eigenvalue weighted by atomic mass is 10.1. The number of phenolic OH excluding ortho intramolecular Hbond substituents is 2. The molecule has 0 heterocycles. The maximum Gasteiger partial charge on any atom is 0.157 e. The standard InChI is InChI=1S/C10H15NO4/c1-14-11(15-2)6-5-8-3-4-9(12)10(13)7-8/h3-4,7,12-13H,5-6H2,1-2H3. The fourth-order valence-electron chi connectivity index (χ4n) is 1.20. The summed E-state index contributed by atoms with van der Waals surface area (Å²) in [6, 6.07) is 4.70. The van der Waals surface area contributed by atoms with Gasteiger partial charge >= 0.3 is 0 Å². The van der Waals surface area contributed by atoms with Crippen LogP contribution in [0.4, 0.5) is 0 Å². The maximum absolute atomic E-state index is 9.25. The first-order valence-corrected chi connectivity index (χ1v) is 4.54. The maximum atomic E-state index is 9.25. The summed E-state index contributed by atoms with van der Waals surface area (Å²) in [5.74, 6) is -0.233. The molecule has 0 radical (unpaired) electrons. The van der Waals surface area contributed by atoms with Gasteiger partial charge in [-0.15, -0.1) is 0 Å². The number of benzene rings is 1. The van der Waals surface area contributed by atoms with Crippen molar-refractivity contribution in [3.8, 4) is 11.5 Å². The number of aromatic hydroxyl groups is 2. The molecule has 0 amide bonds. The molecule has 1 aromatic carbocycles. The summed E-state index contributed by atoms with van der Waals surface area (Å²) in [6.07, 6.45) is 0.648. The molecule has 0 aromatic heterocycles. The zero-order valence-corrected chi connectivity index (χ0v) is 8.80. The van der Waals surface area contributed by atoms with Crippen LogP contribution in [0.1, 0.15) is 5.56 Å². The molecule has 0 fully saturated rings. The highest BCUT2D eigenvalue weighted by atomic mass is 16.9. The van der Waals surface area contributed by atoms with Gasteiger partial charge in [0.15, 0.2) is 11.5 Å². The Morgan fingerprint density at radius 1 is 1.13 bits per heavy atom. The Bertz CT molecular complexity index is 312. The van der Waals surface area contributed by atoms with Crippen molar-refractivity contribution in [2.45, 2.75) is 6.42 Å². The average Bonchev–Trinajstić information content (AvgIpc) is 2.24. The molecule has 0 aliphatic carbocycles. The van der Waals surface area contributed by atoms with Crippen molar-refractivity contribution in [3.63, 3.8) is 0 Å². The molecule has 0 aliphatic rings. The molecule has 0 saturated carbocycles. The van der Waals surface area contributed by atoms with Crippen LogP contribution in [-0.2, 0) is 16.1 Å². The zero-order chi connectivity index (χ0) is 11.3. The summed E-state index contributed by atoms with van der Waals surface area (Å²) in [5, 5.41) is 19.7. The summed E-state index contributed by atoms with van der Waals surface area (Å²) in [4.78, 5) is 9.75. The van der Waals surface area contributed by atoms with Crippen LogP contribution >= 0.6 is 0 Å². The quantitative estimate of drug-likeness (QED) is 0.565. The molecule has 0 saturated heterocycles. The Balaban J connectivity index is 2.54. The van der Waals surface area contributed by atoms with Gasteiger partial charge in [0.05, 0.1) is 20.8 Å². The third-order valence-corrected chi connectivity index (χ3v) is 2.03. The van der Waals surface area contributed by atoms with Gasteiger partial charge in [0.1, 0.15) is 0 Å². The lowest BCUT2D eigenvalue weighted by molar-refractivity contribution is -0.341. The monoisotopic (exact) mass is 213 g/mol. The van der Waals surface area contributed by atoms with Crippen molar-refractivity contribution < 1.29 is 19.9 Å². The number of hydrogen-bond acceptors (Lipinski definition) is 5. The minimum absolute atomic E-state index is 0.117. The van der Waals surface area contributed by atoms with E-state index in [2.05, 4.69) is 0 Å². The smallest absolute Gasteiger partial charge is 0.157 e. The minimum Gasteiger partial charge on any atom is -0.504 e. The lowest BCUT2D eigenvalue weighted by Gasteiger charge is -2.15. The van der Waals surface area contributed by atoms with Gasteiger partial charge in [-0.05, 0) is 24.1 Å². The van der Waals surface area contributed by atoms with E-state index in [1.807, 2.05) is 0 Å². The highest BCUT2D eigenvalue weighted by Crippen LogP contribution is 2.24. The van der Waals surface area contributed by atoms with Gasteiger partial charge in [-0.1, -0.05) is 11.3 Å². The highest BCUT2D eigenvalue weighted by Gasteiger charge is 2.04. The van der Waals surface area contributed by atoms with E-state index < -0.39 is 0 Å². The van der Waals surface area contributed by atoms with Crippen molar-refractivity contribution in [2.24, 2.45) is 0 Å². The van der Waals surface area contributed by atoms with E-state index in [0.717, 1.165) is 5.56 Å². The van der Waals surface area contributed by atoms with Crippen molar-refractivity contribution in [1.82, 2.24) is 5.23 Å². The van der Waals surface area contributed by atoms with Crippen LogP contribution < -0.4 is 0 Å². The normalized spacial score (nSPS) is 10.9. The molecule has 0 unspecified atom stereocenters. The van der Waals surface area contributed by atoms with Gasteiger partial charge in [-0.25, -0.2) is 0 Å². The Kier molecular flexibility index (Phi) is 4.36. The Morgan fingerprint density at radius 3 is 2.33 bits per heavy atom. The molecule has 15 heavy (non-hydrogen) atoms. The zero-order valence-electron chi connectivity index (χ0n) is 8.80. The van der Waals surface area contributed by atoms with Crippen LogP contribution in [0, 0.1) is 0 Å². The van der Waals surface area contributed by atoms with Crippen molar-refractivity contribution in [2.75, 3.05) is 20.8 Å². The van der Waals surface area contributed by atoms with Crippen molar-refractivity contribution >= 4 is 0 Å². The Labute approximate surface area is 88.4 Å². The molecule has 0 bridgehead atoms. The van der Waals surface area contributed by atoms with Crippen LogP contribution in [0.5, 0.6) is 11.5 Å². The topological polar surface area (TPSA) is 62.2 Å². The van der Waals surface area contributed by atoms with Gasteiger partial charge < -0.3 is 10.2 Å². The summed E-state index contributed by atoms with van der Waals surface area (Å²) < 4.78 is 0. The molecule has 0 spiro atoms. The third kappa shape index (κ3) is 3.39. The number of phenols is 2. The molecule has 5 nitrogen and oxygen atoms in total. The molecule has 1 aromatic rings. The molecule has 0 aliphatic heterocycles. The second-order valence-electron chi connectivity index (χ2n) is 2.99. The van der Waals surface area contributed by atoms with E-state index in [0.29, 0.717) is 13.0 Å². The molecule has 84 valence electrons. The van der Waals surface area contributed by atoms with Crippen LogP contribution in [0.25, 0.3) is 0 Å². The number of rotatable bonds is 5. The number of nitrogens with zero attached hydrogens (tertiary/aromatic N) is 1. The molecule has 5 heteroatoms. The van der Waals surface area contributed by atoms with E-state index >= 15 is 0 Å². The molecule has 2 N–H and O–H groups in total. The Morgan fingerprint density at radius 2 is 1.80 bits per heavy atom. The largest absolute Gasteiger partial charge is 0.504 e. The summed E-state index contributed by atoms with van der Waals surface area (Å²) in [7, 11) is 3.02. The second kappa shape index (κ2) is 5.55. The fourth-order valence-corrected chi connectivity index (χ4v) is 1.20. The molecular weight excluding hydrogens is 198 g/mol. The first-order valence-electron chi connectivity index (χ1n) is 4.54. The number of hydroxylamine groups is 2. The van der Waals surface area contributed by atoms with Crippen LogP contribution in [0.15, 0.2) is 18.2 Å². The third-order valence-electron chi connectivity index (χ3n) is 2.03. The predicted molar refractivity (Wildman–Crippen MR) is 54.2 cm³/mol. The number of hydrogen-bond donors (Lipinski definition) is 2. The Hall–Kier alpha value is -1.30. The second-order valence-corrected chi connectivity index (χ2v) is 2.99. The summed E-state index contributed by atoms with van der Waals surface area (Å²) >= 11 is 0. The van der Waals surface area contributed by atoms with Gasteiger partial charge in [-0.3, -0.25) is 9.68 Å². The van der Waals surface area contributed by atoms with Crippen molar-refractivity contribution in [1.29, 1.82) is 0 Å². The van der Waals surface area contributed by atoms with Crippen LogP contribution in [0.3, 0.4) is 0 Å². The van der Waals surface area contributed by atoms with Gasteiger partial charge in [0.25, 0.3) is 0 Å².